The number of nitrogens with zero attached hydrogens (tertiary/aromatic N) is 1. The van der Waals surface area contributed by atoms with Crippen LogP contribution in [0.3, 0.4) is 0 Å². The summed E-state index contributed by atoms with van der Waals surface area (Å²) in [6.45, 7) is 3.79. The lowest BCUT2D eigenvalue weighted by Gasteiger charge is -2.22. The molecule has 0 saturated heterocycles. The molecule has 0 unspecified atom stereocenters. The molecular weight excluding hydrogens is 223 g/mol. The number of hydrogen-bond acceptors (Lipinski definition) is 3. The van der Waals surface area contributed by atoms with E-state index >= 15 is 0 Å². The molecule has 0 rings (SSSR count). The van der Waals surface area contributed by atoms with E-state index in [0.717, 1.165) is 0 Å². The zero-order valence-electron chi connectivity index (χ0n) is 9.43. The Morgan fingerprint density at radius 1 is 1.25 bits per heavy atom. The van der Waals surface area contributed by atoms with Crippen LogP contribution < -0.4 is 11.1 Å². The van der Waals surface area contributed by atoms with Gasteiger partial charge >= 0.3 is 6.18 Å². The number of alkyl halides is 3. The smallest absolute Gasteiger partial charge is 0.390 e. The summed E-state index contributed by atoms with van der Waals surface area (Å²) < 4.78 is 35.4. The van der Waals surface area contributed by atoms with Gasteiger partial charge in [-0.05, 0) is 13.0 Å². The third kappa shape index (κ3) is 6.49. The first-order valence-electron chi connectivity index (χ1n) is 4.94. The first kappa shape index (κ1) is 15.0. The number of rotatable bonds is 6. The molecule has 4 N–H and O–H groups in total. The predicted molar refractivity (Wildman–Crippen MR) is 55.3 cm³/mol. The summed E-state index contributed by atoms with van der Waals surface area (Å²) in [6.07, 6.45) is -4.48. The van der Waals surface area contributed by atoms with Gasteiger partial charge in [-0.3, -0.25) is 0 Å². The molecule has 7 heteroatoms. The van der Waals surface area contributed by atoms with Crippen LogP contribution in [0.25, 0.3) is 0 Å². The molecule has 0 aromatic heterocycles. The van der Waals surface area contributed by atoms with Gasteiger partial charge in [-0.25, -0.2) is 0 Å². The van der Waals surface area contributed by atoms with Crippen molar-refractivity contribution in [3.05, 3.63) is 0 Å². The Morgan fingerprint density at radius 2 is 1.75 bits per heavy atom. The second kappa shape index (κ2) is 5.93. The highest BCUT2D eigenvalue weighted by Gasteiger charge is 2.26. The highest BCUT2D eigenvalue weighted by atomic mass is 19.4. The topological polar surface area (TPSA) is 70.6 Å². The zero-order valence-corrected chi connectivity index (χ0v) is 9.43. The normalized spacial score (nSPS) is 14.2. The van der Waals surface area contributed by atoms with Crippen LogP contribution in [0.4, 0.5) is 13.2 Å². The fourth-order valence-corrected chi connectivity index (χ4v) is 1.02. The molecule has 0 aromatic carbocycles. The Bertz CT molecular complexity index is 239. The average Bonchev–Trinajstić information content (AvgIpc) is 2.14. The third-order valence-corrected chi connectivity index (χ3v) is 2.31. The van der Waals surface area contributed by atoms with Crippen molar-refractivity contribution in [1.29, 1.82) is 0 Å². The maximum Gasteiger partial charge on any atom is 0.390 e. The SMILES string of the molecule is CC(C)(CCNCCC(F)(F)F)C(N)=NO. The summed E-state index contributed by atoms with van der Waals surface area (Å²) in [5.74, 6) is 0.0742. The Kier molecular flexibility index (Phi) is 5.57. The van der Waals surface area contributed by atoms with Crippen molar-refractivity contribution in [2.75, 3.05) is 13.1 Å². The Labute approximate surface area is 92.7 Å². The fraction of sp³-hybridized carbons (Fsp3) is 0.889. The van der Waals surface area contributed by atoms with Gasteiger partial charge in [-0.2, -0.15) is 13.2 Å². The summed E-state index contributed by atoms with van der Waals surface area (Å²) in [4.78, 5) is 0. The number of halogens is 3. The molecule has 0 atom stereocenters. The number of oxime groups is 1. The molecule has 4 nitrogen and oxygen atoms in total. The molecular formula is C9H18F3N3O. The molecule has 0 fully saturated rings. The second-order valence-electron chi connectivity index (χ2n) is 4.23. The van der Waals surface area contributed by atoms with E-state index in [0.29, 0.717) is 13.0 Å². The number of nitrogens with one attached hydrogen (secondary N) is 1. The lowest BCUT2D eigenvalue weighted by molar-refractivity contribution is -0.133. The summed E-state index contributed by atoms with van der Waals surface area (Å²) in [6, 6.07) is 0. The van der Waals surface area contributed by atoms with Crippen LogP contribution in [-0.4, -0.2) is 30.3 Å². The van der Waals surface area contributed by atoms with Gasteiger partial charge in [0.15, 0.2) is 0 Å². The largest absolute Gasteiger partial charge is 0.409 e. The van der Waals surface area contributed by atoms with E-state index in [-0.39, 0.29) is 12.4 Å². The minimum atomic E-state index is -4.13. The third-order valence-electron chi connectivity index (χ3n) is 2.31. The molecule has 96 valence electrons. The quantitative estimate of drug-likeness (QED) is 0.218. The van der Waals surface area contributed by atoms with E-state index in [1.807, 2.05) is 0 Å². The van der Waals surface area contributed by atoms with Crippen molar-refractivity contribution in [3.63, 3.8) is 0 Å². The van der Waals surface area contributed by atoms with Crippen molar-refractivity contribution in [1.82, 2.24) is 5.32 Å². The maximum atomic E-state index is 11.8. The van der Waals surface area contributed by atoms with Crippen LogP contribution in [0.15, 0.2) is 5.16 Å². The molecule has 0 saturated carbocycles. The van der Waals surface area contributed by atoms with Gasteiger partial charge in [-0.1, -0.05) is 19.0 Å². The number of amidine groups is 1. The Hall–Kier alpha value is -0.980. The summed E-state index contributed by atoms with van der Waals surface area (Å²) >= 11 is 0. The first-order chi connectivity index (χ1) is 7.19. The van der Waals surface area contributed by atoms with Gasteiger partial charge in [0.1, 0.15) is 5.84 Å². The molecule has 0 aliphatic heterocycles. The van der Waals surface area contributed by atoms with Crippen LogP contribution >= 0.6 is 0 Å². The van der Waals surface area contributed by atoms with Crippen LogP contribution in [0.1, 0.15) is 26.7 Å². The Morgan fingerprint density at radius 3 is 2.19 bits per heavy atom. The van der Waals surface area contributed by atoms with E-state index in [1.165, 1.54) is 0 Å². The van der Waals surface area contributed by atoms with Crippen LogP contribution in [-0.2, 0) is 0 Å². The maximum absolute atomic E-state index is 11.8. The van der Waals surface area contributed by atoms with E-state index in [2.05, 4.69) is 10.5 Å². The molecule has 0 heterocycles. The van der Waals surface area contributed by atoms with Gasteiger partial charge in [-0.15, -0.1) is 0 Å². The Balaban J connectivity index is 3.75. The van der Waals surface area contributed by atoms with Crippen molar-refractivity contribution >= 4 is 5.84 Å². The molecule has 0 amide bonds. The molecule has 0 spiro atoms. The first-order valence-corrected chi connectivity index (χ1v) is 4.94. The van der Waals surface area contributed by atoms with E-state index < -0.39 is 18.0 Å². The second-order valence-corrected chi connectivity index (χ2v) is 4.23. The highest BCUT2D eigenvalue weighted by molar-refractivity contribution is 5.85. The van der Waals surface area contributed by atoms with Gasteiger partial charge in [0.2, 0.25) is 0 Å². The van der Waals surface area contributed by atoms with Crippen molar-refractivity contribution in [3.8, 4) is 0 Å². The zero-order chi connectivity index (χ0) is 12.8. The summed E-state index contributed by atoms with van der Waals surface area (Å²) in [5.41, 5.74) is 4.90. The minimum Gasteiger partial charge on any atom is -0.409 e. The fourth-order valence-electron chi connectivity index (χ4n) is 1.02. The molecule has 0 aromatic rings. The average molecular weight is 241 g/mol. The van der Waals surface area contributed by atoms with Crippen molar-refractivity contribution in [2.24, 2.45) is 16.3 Å². The van der Waals surface area contributed by atoms with Gasteiger partial charge in [0.05, 0.1) is 6.42 Å². The minimum absolute atomic E-state index is 0.0742. The van der Waals surface area contributed by atoms with Gasteiger partial charge in [0.25, 0.3) is 0 Å². The van der Waals surface area contributed by atoms with Crippen LogP contribution in [0.2, 0.25) is 0 Å². The lowest BCUT2D eigenvalue weighted by atomic mass is 9.88. The van der Waals surface area contributed by atoms with Crippen LogP contribution in [0.5, 0.6) is 0 Å². The summed E-state index contributed by atoms with van der Waals surface area (Å²) in [5, 5.41) is 14.0. The summed E-state index contributed by atoms with van der Waals surface area (Å²) in [7, 11) is 0. The molecule has 0 aliphatic rings. The van der Waals surface area contributed by atoms with Crippen molar-refractivity contribution < 1.29 is 18.4 Å². The van der Waals surface area contributed by atoms with Crippen molar-refractivity contribution in [2.45, 2.75) is 32.9 Å². The van der Waals surface area contributed by atoms with Crippen LogP contribution in [0, 0.1) is 5.41 Å². The molecule has 0 bridgehead atoms. The molecule has 16 heavy (non-hydrogen) atoms. The lowest BCUT2D eigenvalue weighted by Crippen LogP contribution is -2.35. The number of nitrogens with two attached hydrogens (primary N) is 1. The van der Waals surface area contributed by atoms with E-state index in [1.54, 1.807) is 13.8 Å². The number of hydrogen-bond donors (Lipinski definition) is 3. The molecule has 0 aliphatic carbocycles. The highest BCUT2D eigenvalue weighted by Crippen LogP contribution is 2.20. The van der Waals surface area contributed by atoms with Gasteiger partial charge < -0.3 is 16.3 Å². The van der Waals surface area contributed by atoms with E-state index in [9.17, 15) is 13.2 Å². The van der Waals surface area contributed by atoms with E-state index in [4.69, 9.17) is 10.9 Å². The molecule has 0 radical (unpaired) electrons. The predicted octanol–water partition coefficient (Wildman–Crippen LogP) is 1.69. The monoisotopic (exact) mass is 241 g/mol. The van der Waals surface area contributed by atoms with Gasteiger partial charge in [0, 0.05) is 12.0 Å². The standard InChI is InChI=1S/C9H18F3N3O/c1-8(2,7(13)15-16)3-5-14-6-4-9(10,11)12/h14,16H,3-6H2,1-2H3,(H2,13,15).